The highest BCUT2D eigenvalue weighted by atomic mass is 35.5. The molecule has 1 N–H and O–H groups in total. The summed E-state index contributed by atoms with van der Waals surface area (Å²) in [6, 6.07) is 10.3. The Morgan fingerprint density at radius 2 is 1.82 bits per heavy atom. The van der Waals surface area contributed by atoms with Gasteiger partial charge in [0.05, 0.1) is 23.4 Å². The van der Waals surface area contributed by atoms with Crippen molar-refractivity contribution in [1.82, 2.24) is 15.0 Å². The molecule has 3 aromatic rings. The predicted molar refractivity (Wildman–Crippen MR) is 138 cm³/mol. The Hall–Kier alpha value is -2.97. The minimum Gasteiger partial charge on any atom is -0.394 e. The van der Waals surface area contributed by atoms with Crippen molar-refractivity contribution in [3.05, 3.63) is 59.0 Å². The lowest BCUT2D eigenvalue weighted by atomic mass is 10.1. The molecular formula is C25H32ClFN6O. The van der Waals surface area contributed by atoms with E-state index in [9.17, 15) is 9.50 Å². The molecular weight excluding hydrogens is 455 g/mol. The van der Waals surface area contributed by atoms with Crippen LogP contribution in [-0.2, 0) is 0 Å². The van der Waals surface area contributed by atoms with Crippen LogP contribution in [0.15, 0.2) is 42.6 Å². The van der Waals surface area contributed by atoms with Gasteiger partial charge in [-0.3, -0.25) is 0 Å². The molecule has 4 rings (SSSR count). The quantitative estimate of drug-likeness (QED) is 0.553. The van der Waals surface area contributed by atoms with Gasteiger partial charge >= 0.3 is 0 Å². The van der Waals surface area contributed by atoms with Crippen LogP contribution in [0.4, 0.5) is 22.0 Å². The molecule has 0 aliphatic carbocycles. The molecule has 9 heteroatoms. The topological polar surface area (TPSA) is 68.6 Å². The summed E-state index contributed by atoms with van der Waals surface area (Å²) in [5, 5.41) is 9.67. The number of nitrogens with zero attached hydrogens (tertiary/aromatic N) is 6. The first-order chi connectivity index (χ1) is 15.9. The van der Waals surface area contributed by atoms with Crippen molar-refractivity contribution in [2.75, 3.05) is 54.5 Å². The molecule has 1 fully saturated rings. The Morgan fingerprint density at radius 3 is 2.47 bits per heavy atom. The van der Waals surface area contributed by atoms with Gasteiger partial charge in [0, 0.05) is 51.1 Å². The van der Waals surface area contributed by atoms with Crippen LogP contribution in [0.1, 0.15) is 19.9 Å². The number of anilines is 3. The number of rotatable bonds is 6. The first kappa shape index (κ1) is 25.6. The van der Waals surface area contributed by atoms with Gasteiger partial charge in [0.25, 0.3) is 0 Å². The third-order valence-corrected chi connectivity index (χ3v) is 6.33. The fourth-order valence-electron chi connectivity index (χ4n) is 3.82. The highest BCUT2D eigenvalue weighted by Crippen LogP contribution is 2.29. The average Bonchev–Trinajstić information content (AvgIpc) is 2.85. The number of piperazine rings is 1. The molecule has 1 aliphatic heterocycles. The minimum absolute atomic E-state index is 0. The number of pyridine rings is 1. The van der Waals surface area contributed by atoms with Crippen LogP contribution >= 0.6 is 11.6 Å². The van der Waals surface area contributed by atoms with E-state index >= 15 is 0 Å². The molecule has 0 saturated carbocycles. The van der Waals surface area contributed by atoms with Crippen molar-refractivity contribution in [2.24, 2.45) is 0 Å². The SMILES string of the molecule is C.Cc1cccnc1N1CCN(c2cc(-c3ccc(F)c(Cl)c3)nc(N(C)C(C)CO)n2)CC1. The van der Waals surface area contributed by atoms with E-state index in [1.807, 2.05) is 37.2 Å². The summed E-state index contributed by atoms with van der Waals surface area (Å²) in [7, 11) is 1.85. The van der Waals surface area contributed by atoms with Crippen LogP contribution in [0.25, 0.3) is 11.3 Å². The Bertz CT molecular complexity index is 1120. The van der Waals surface area contributed by atoms with Crippen molar-refractivity contribution in [3.8, 4) is 11.3 Å². The van der Waals surface area contributed by atoms with Crippen molar-refractivity contribution in [2.45, 2.75) is 27.3 Å². The fourth-order valence-corrected chi connectivity index (χ4v) is 4.00. The van der Waals surface area contributed by atoms with Gasteiger partial charge in [-0.25, -0.2) is 14.4 Å². The zero-order valence-electron chi connectivity index (χ0n) is 19.0. The maximum Gasteiger partial charge on any atom is 0.227 e. The molecule has 0 amide bonds. The van der Waals surface area contributed by atoms with Crippen molar-refractivity contribution < 1.29 is 9.50 Å². The Morgan fingerprint density at radius 1 is 1.12 bits per heavy atom. The number of aliphatic hydroxyl groups excluding tert-OH is 1. The van der Waals surface area contributed by atoms with Crippen molar-refractivity contribution >= 4 is 29.2 Å². The summed E-state index contributed by atoms with van der Waals surface area (Å²) >= 11 is 6.03. The molecule has 3 heterocycles. The second-order valence-electron chi connectivity index (χ2n) is 8.30. The summed E-state index contributed by atoms with van der Waals surface area (Å²) in [4.78, 5) is 20.4. The molecule has 1 atom stereocenters. The molecule has 0 radical (unpaired) electrons. The van der Waals surface area contributed by atoms with E-state index in [0.29, 0.717) is 17.2 Å². The maximum atomic E-state index is 13.7. The number of hydrogen-bond donors (Lipinski definition) is 1. The summed E-state index contributed by atoms with van der Waals surface area (Å²) in [6.07, 6.45) is 1.82. The Labute approximate surface area is 205 Å². The van der Waals surface area contributed by atoms with Crippen LogP contribution in [-0.4, -0.2) is 65.9 Å². The molecule has 0 spiro atoms. The largest absolute Gasteiger partial charge is 0.394 e. The van der Waals surface area contributed by atoms with Gasteiger partial charge in [-0.1, -0.05) is 25.1 Å². The molecule has 1 aliphatic rings. The zero-order valence-corrected chi connectivity index (χ0v) is 19.8. The van der Waals surface area contributed by atoms with E-state index in [0.717, 1.165) is 43.4 Å². The van der Waals surface area contributed by atoms with E-state index in [4.69, 9.17) is 16.6 Å². The number of aliphatic hydroxyl groups is 1. The Kier molecular flexibility index (Phi) is 8.28. The third-order valence-electron chi connectivity index (χ3n) is 6.04. The van der Waals surface area contributed by atoms with Crippen LogP contribution in [0, 0.1) is 12.7 Å². The lowest BCUT2D eigenvalue weighted by Crippen LogP contribution is -2.47. The van der Waals surface area contributed by atoms with E-state index < -0.39 is 5.82 Å². The average molecular weight is 487 g/mol. The van der Waals surface area contributed by atoms with Crippen LogP contribution < -0.4 is 14.7 Å². The molecule has 1 aromatic carbocycles. The second-order valence-corrected chi connectivity index (χ2v) is 8.71. The van der Waals surface area contributed by atoms with Gasteiger partial charge < -0.3 is 19.8 Å². The summed E-state index contributed by atoms with van der Waals surface area (Å²) < 4.78 is 13.7. The van der Waals surface area contributed by atoms with Crippen LogP contribution in [0.2, 0.25) is 5.02 Å². The van der Waals surface area contributed by atoms with Gasteiger partial charge in [0.15, 0.2) is 0 Å². The third kappa shape index (κ3) is 5.39. The van der Waals surface area contributed by atoms with Crippen molar-refractivity contribution in [1.29, 1.82) is 0 Å². The Balaban J connectivity index is 0.00000324. The highest BCUT2D eigenvalue weighted by Gasteiger charge is 2.23. The number of likely N-dealkylation sites (N-methyl/N-ethyl adjacent to an activating group) is 1. The van der Waals surface area contributed by atoms with Gasteiger partial charge in [0.2, 0.25) is 5.95 Å². The first-order valence-corrected chi connectivity index (χ1v) is 11.3. The second kappa shape index (κ2) is 11.0. The van der Waals surface area contributed by atoms with Crippen LogP contribution in [0.3, 0.4) is 0 Å². The number of aryl methyl sites for hydroxylation is 1. The number of benzene rings is 1. The lowest BCUT2D eigenvalue weighted by Gasteiger charge is -2.37. The monoisotopic (exact) mass is 486 g/mol. The molecule has 0 bridgehead atoms. The van der Waals surface area contributed by atoms with Gasteiger partial charge in [-0.2, -0.15) is 4.98 Å². The van der Waals surface area contributed by atoms with Crippen molar-refractivity contribution in [3.63, 3.8) is 0 Å². The molecule has 1 unspecified atom stereocenters. The van der Waals surface area contributed by atoms with Gasteiger partial charge in [-0.05, 0) is 43.7 Å². The predicted octanol–water partition coefficient (Wildman–Crippen LogP) is 4.42. The van der Waals surface area contributed by atoms with Gasteiger partial charge in [0.1, 0.15) is 17.5 Å². The van der Waals surface area contributed by atoms with E-state index in [2.05, 4.69) is 32.8 Å². The lowest BCUT2D eigenvalue weighted by molar-refractivity contribution is 0.269. The summed E-state index contributed by atoms with van der Waals surface area (Å²) in [6.45, 7) is 7.13. The van der Waals surface area contributed by atoms with Gasteiger partial charge in [-0.15, -0.1) is 0 Å². The number of halogens is 2. The summed E-state index contributed by atoms with van der Waals surface area (Å²) in [5.74, 6) is 1.82. The van der Waals surface area contributed by atoms with E-state index in [-0.39, 0.29) is 25.1 Å². The smallest absolute Gasteiger partial charge is 0.227 e. The first-order valence-electron chi connectivity index (χ1n) is 11.0. The summed E-state index contributed by atoms with van der Waals surface area (Å²) in [5.41, 5.74) is 2.52. The normalized spacial score (nSPS) is 14.5. The zero-order chi connectivity index (χ0) is 23.5. The van der Waals surface area contributed by atoms with E-state index in [1.165, 1.54) is 6.07 Å². The maximum absolute atomic E-state index is 13.7. The highest BCUT2D eigenvalue weighted by molar-refractivity contribution is 6.31. The van der Waals surface area contributed by atoms with E-state index in [1.54, 1.807) is 12.1 Å². The standard InChI is InChI=1S/C24H28ClFN6O.CH4/c1-16-5-4-8-27-23(16)32-11-9-31(10-12-32)22-14-21(18-6-7-20(26)19(25)13-18)28-24(29-22)30(3)17(2)15-33;/h4-8,13-14,17,33H,9-12,15H2,1-3H3;1H4. The number of aromatic nitrogens is 3. The van der Waals surface area contributed by atoms with Crippen LogP contribution in [0.5, 0.6) is 0 Å². The molecule has 1 saturated heterocycles. The molecule has 182 valence electrons. The fraction of sp³-hybridized carbons (Fsp3) is 0.400. The molecule has 2 aromatic heterocycles. The molecule has 34 heavy (non-hydrogen) atoms. The minimum atomic E-state index is -0.470. The molecule has 7 nitrogen and oxygen atoms in total. The number of hydrogen-bond acceptors (Lipinski definition) is 7.